The maximum absolute atomic E-state index is 10.8. The summed E-state index contributed by atoms with van der Waals surface area (Å²) in [6.07, 6.45) is 2.34. The van der Waals surface area contributed by atoms with E-state index in [0.717, 1.165) is 13.1 Å². The average Bonchev–Trinajstić information content (AvgIpc) is 3.33. The van der Waals surface area contributed by atoms with Gasteiger partial charge in [0.05, 0.1) is 6.07 Å². The summed E-state index contributed by atoms with van der Waals surface area (Å²) in [4.78, 5) is 10.2. The highest BCUT2D eigenvalue weighted by atomic mass is 16.6. The zero-order chi connectivity index (χ0) is 17.4. The minimum atomic E-state index is -0.599. The van der Waals surface area contributed by atoms with E-state index in [-0.39, 0.29) is 11.6 Å². The van der Waals surface area contributed by atoms with E-state index in [9.17, 15) is 10.1 Å². The number of aromatic nitrogens is 4. The normalized spacial score (nSPS) is 15.3. The number of nitrogens with zero attached hydrogens (tertiary/aromatic N) is 7. The van der Waals surface area contributed by atoms with E-state index in [4.69, 9.17) is 4.42 Å². The molecule has 0 amide bonds. The van der Waals surface area contributed by atoms with Crippen molar-refractivity contribution in [2.45, 2.75) is 12.8 Å². The summed E-state index contributed by atoms with van der Waals surface area (Å²) in [5.74, 6) is 0.783. The van der Waals surface area contributed by atoms with Crippen LogP contribution in [-0.2, 0) is 0 Å². The van der Waals surface area contributed by atoms with Crippen LogP contribution in [0.1, 0.15) is 12.8 Å². The molecule has 0 radical (unpaired) electrons. The first-order chi connectivity index (χ1) is 12.1. The number of hydrogen-bond acceptors (Lipinski definition) is 9. The van der Waals surface area contributed by atoms with E-state index in [1.54, 1.807) is 12.1 Å². The van der Waals surface area contributed by atoms with Crippen LogP contribution in [-0.4, -0.2) is 55.0 Å². The number of hydrazine groups is 2. The molecular formula is C14H16N8O3. The summed E-state index contributed by atoms with van der Waals surface area (Å²) in [5, 5.41) is 27.4. The summed E-state index contributed by atoms with van der Waals surface area (Å²) in [6.45, 7) is 2.00. The van der Waals surface area contributed by atoms with Gasteiger partial charge in [0, 0.05) is 20.1 Å². The third-order valence-corrected chi connectivity index (χ3v) is 4.04. The van der Waals surface area contributed by atoms with Gasteiger partial charge in [0.15, 0.2) is 17.2 Å². The smallest absolute Gasteiger partial charge is 0.397 e. The lowest BCUT2D eigenvalue weighted by Gasteiger charge is -2.27. The number of furan rings is 1. The van der Waals surface area contributed by atoms with Gasteiger partial charge in [-0.25, -0.2) is 5.01 Å². The van der Waals surface area contributed by atoms with Crippen LogP contribution in [0, 0.1) is 10.1 Å². The van der Waals surface area contributed by atoms with Gasteiger partial charge in [-0.3, -0.25) is 15.5 Å². The third kappa shape index (κ3) is 2.90. The minimum absolute atomic E-state index is 0.233. The van der Waals surface area contributed by atoms with Crippen molar-refractivity contribution in [2.75, 3.05) is 25.6 Å². The maximum atomic E-state index is 10.8. The van der Waals surface area contributed by atoms with E-state index in [0.29, 0.717) is 17.3 Å². The Kier molecular flexibility index (Phi) is 3.78. The first kappa shape index (κ1) is 15.5. The summed E-state index contributed by atoms with van der Waals surface area (Å²) in [6, 6.07) is 6.32. The number of hydrogen-bond donors (Lipinski definition) is 1. The van der Waals surface area contributed by atoms with Crippen LogP contribution in [0.25, 0.3) is 17.2 Å². The van der Waals surface area contributed by atoms with Crippen molar-refractivity contribution in [3.8, 4) is 11.6 Å². The summed E-state index contributed by atoms with van der Waals surface area (Å²) < 4.78 is 6.69. The zero-order valence-corrected chi connectivity index (χ0v) is 13.5. The van der Waals surface area contributed by atoms with E-state index < -0.39 is 4.92 Å². The second kappa shape index (κ2) is 6.11. The van der Waals surface area contributed by atoms with Gasteiger partial charge in [0.2, 0.25) is 5.82 Å². The van der Waals surface area contributed by atoms with Gasteiger partial charge in [-0.15, -0.1) is 15.3 Å². The number of anilines is 1. The molecular weight excluding hydrogens is 328 g/mol. The molecule has 1 aliphatic rings. The van der Waals surface area contributed by atoms with Crippen LogP contribution in [0.3, 0.4) is 0 Å². The van der Waals surface area contributed by atoms with Gasteiger partial charge in [-0.05, 0) is 31.0 Å². The number of rotatable bonds is 5. The Morgan fingerprint density at radius 3 is 2.76 bits per heavy atom. The highest BCUT2D eigenvalue weighted by Gasteiger charge is 2.19. The van der Waals surface area contributed by atoms with Gasteiger partial charge in [-0.1, -0.05) is 0 Å². The molecule has 0 saturated carbocycles. The fourth-order valence-electron chi connectivity index (χ4n) is 2.79. The lowest BCUT2D eigenvalue weighted by atomic mass is 10.4. The molecule has 1 aliphatic heterocycles. The lowest BCUT2D eigenvalue weighted by molar-refractivity contribution is -0.401. The van der Waals surface area contributed by atoms with E-state index in [2.05, 4.69) is 25.7 Å². The van der Waals surface area contributed by atoms with Gasteiger partial charge >= 0.3 is 5.88 Å². The highest BCUT2D eigenvalue weighted by molar-refractivity contribution is 5.55. The second-order valence-electron chi connectivity index (χ2n) is 5.70. The van der Waals surface area contributed by atoms with Gasteiger partial charge < -0.3 is 4.42 Å². The average molecular weight is 344 g/mol. The predicted octanol–water partition coefficient (Wildman–Crippen LogP) is 1.56. The Balaban J connectivity index is 1.63. The molecule has 0 spiro atoms. The summed E-state index contributed by atoms with van der Waals surface area (Å²) in [5.41, 5.74) is 3.72. The lowest BCUT2D eigenvalue weighted by Crippen LogP contribution is -2.41. The maximum Gasteiger partial charge on any atom is 0.433 e. The van der Waals surface area contributed by atoms with Gasteiger partial charge in [-0.2, -0.15) is 9.63 Å². The second-order valence-corrected chi connectivity index (χ2v) is 5.70. The van der Waals surface area contributed by atoms with Crippen molar-refractivity contribution in [2.24, 2.45) is 0 Å². The standard InChI is InChI=1S/C14H16N8O3/c1-19(20-8-2-3-9-20)17-11-5-6-12-15-16-14(21(12)18-11)10-4-7-13(25-10)22(23)24/h4-7H,2-3,8-9H2,1H3,(H,17,18). The van der Waals surface area contributed by atoms with Crippen molar-refractivity contribution < 1.29 is 9.34 Å². The molecule has 1 N–H and O–H groups in total. The Morgan fingerprint density at radius 2 is 2.04 bits per heavy atom. The predicted molar refractivity (Wildman–Crippen MR) is 87.3 cm³/mol. The number of nitrogens with one attached hydrogen (secondary N) is 1. The Hall–Kier alpha value is -3.05. The molecule has 0 aliphatic carbocycles. The monoisotopic (exact) mass is 344 g/mol. The summed E-state index contributed by atoms with van der Waals surface area (Å²) >= 11 is 0. The SMILES string of the molecule is CN(Nc1ccc2nnc(-c3ccc([N+](=O)[O-])o3)n2n1)N1CCCC1. The first-order valence-electron chi connectivity index (χ1n) is 7.84. The molecule has 1 fully saturated rings. The number of fused-ring (bicyclic) bond motifs is 1. The zero-order valence-electron chi connectivity index (χ0n) is 13.5. The molecule has 130 valence electrons. The van der Waals surface area contributed by atoms with E-state index in [1.807, 2.05) is 12.2 Å². The van der Waals surface area contributed by atoms with Gasteiger partial charge in [0.25, 0.3) is 0 Å². The molecule has 0 aromatic carbocycles. The van der Waals surface area contributed by atoms with Crippen LogP contribution in [0.2, 0.25) is 0 Å². The fourth-order valence-corrected chi connectivity index (χ4v) is 2.79. The molecule has 11 heteroatoms. The third-order valence-electron chi connectivity index (χ3n) is 4.04. The van der Waals surface area contributed by atoms with Crippen molar-refractivity contribution >= 4 is 17.3 Å². The number of nitro groups is 1. The van der Waals surface area contributed by atoms with Crippen LogP contribution in [0.4, 0.5) is 11.7 Å². The molecule has 0 atom stereocenters. The molecule has 4 rings (SSSR count). The highest BCUT2D eigenvalue weighted by Crippen LogP contribution is 2.25. The topological polar surface area (TPSA) is 118 Å². The van der Waals surface area contributed by atoms with Gasteiger partial charge in [0.1, 0.15) is 4.92 Å². The van der Waals surface area contributed by atoms with Crippen molar-refractivity contribution in [1.29, 1.82) is 0 Å². The Labute approximate surface area is 141 Å². The van der Waals surface area contributed by atoms with Crippen LogP contribution >= 0.6 is 0 Å². The van der Waals surface area contributed by atoms with E-state index >= 15 is 0 Å². The Bertz CT molecular complexity index is 914. The largest absolute Gasteiger partial charge is 0.433 e. The van der Waals surface area contributed by atoms with Crippen LogP contribution in [0.15, 0.2) is 28.7 Å². The minimum Gasteiger partial charge on any atom is -0.397 e. The molecule has 0 bridgehead atoms. The van der Waals surface area contributed by atoms with Crippen molar-refractivity contribution in [1.82, 2.24) is 29.9 Å². The molecule has 11 nitrogen and oxygen atoms in total. The fraction of sp³-hybridized carbons (Fsp3) is 0.357. The van der Waals surface area contributed by atoms with Crippen LogP contribution in [0.5, 0.6) is 0 Å². The Morgan fingerprint density at radius 1 is 1.24 bits per heavy atom. The van der Waals surface area contributed by atoms with Crippen LogP contribution < -0.4 is 5.43 Å². The van der Waals surface area contributed by atoms with Crippen molar-refractivity contribution in [3.05, 3.63) is 34.4 Å². The first-order valence-corrected chi connectivity index (χ1v) is 7.84. The van der Waals surface area contributed by atoms with Crippen molar-refractivity contribution in [3.63, 3.8) is 0 Å². The molecule has 3 aromatic rings. The summed E-state index contributed by atoms with van der Waals surface area (Å²) in [7, 11) is 1.93. The molecule has 1 saturated heterocycles. The molecule has 25 heavy (non-hydrogen) atoms. The molecule has 4 heterocycles. The quantitative estimate of drug-likeness (QED) is 0.543. The molecule has 3 aromatic heterocycles. The van der Waals surface area contributed by atoms with E-state index in [1.165, 1.54) is 29.5 Å². The molecule has 0 unspecified atom stereocenters.